The summed E-state index contributed by atoms with van der Waals surface area (Å²) in [4.78, 5) is 29.3. The van der Waals surface area contributed by atoms with Crippen molar-refractivity contribution in [2.24, 2.45) is 18.9 Å². The number of amides is 1. The van der Waals surface area contributed by atoms with Crippen molar-refractivity contribution in [1.29, 1.82) is 0 Å². The Morgan fingerprint density at radius 2 is 1.68 bits per heavy atom. The highest BCUT2D eigenvalue weighted by atomic mass is 16.2. The number of aromatic nitrogens is 2. The fourth-order valence-corrected chi connectivity index (χ4v) is 5.48. The van der Waals surface area contributed by atoms with Gasteiger partial charge in [0, 0.05) is 49.2 Å². The molecule has 0 aliphatic carbocycles. The standard InChI is InChI=1S/C29H33N3O2/c1-20(2)18-32-19-24(26-23-11-7-8-12-25(23)30(3)27(26)29(32)34)28(33)31-15-13-22(14-16-31)17-21-9-5-4-6-10-21/h4-12,19-20,22H,13-18H2,1-3H3. The number of carbonyl (C=O) groups is 1. The number of likely N-dealkylation sites (tertiary alicyclic amines) is 1. The number of fused-ring (bicyclic) bond motifs is 3. The molecule has 4 aromatic rings. The summed E-state index contributed by atoms with van der Waals surface area (Å²) in [5.74, 6) is 0.942. The Morgan fingerprint density at radius 3 is 2.38 bits per heavy atom. The third-order valence-electron chi connectivity index (χ3n) is 7.19. The Kier molecular flexibility index (Phi) is 6.03. The van der Waals surface area contributed by atoms with Gasteiger partial charge in [-0.05, 0) is 42.7 Å². The maximum atomic E-state index is 13.9. The lowest BCUT2D eigenvalue weighted by Crippen LogP contribution is -2.39. The van der Waals surface area contributed by atoms with Gasteiger partial charge in [0.1, 0.15) is 5.52 Å². The molecule has 1 aliphatic heterocycles. The van der Waals surface area contributed by atoms with Gasteiger partial charge in [0.15, 0.2) is 0 Å². The number of hydrogen-bond donors (Lipinski definition) is 0. The van der Waals surface area contributed by atoms with E-state index >= 15 is 0 Å². The van der Waals surface area contributed by atoms with Gasteiger partial charge in [-0.25, -0.2) is 0 Å². The molecule has 0 spiro atoms. The topological polar surface area (TPSA) is 47.2 Å². The van der Waals surface area contributed by atoms with Gasteiger partial charge in [0.2, 0.25) is 0 Å². The van der Waals surface area contributed by atoms with Gasteiger partial charge < -0.3 is 14.0 Å². The summed E-state index contributed by atoms with van der Waals surface area (Å²) < 4.78 is 3.69. The SMILES string of the molecule is CC(C)Cn1cc(C(=O)N2CCC(Cc3ccccc3)CC2)c2c3ccccc3n(C)c2c1=O. The number of para-hydroxylation sites is 1. The van der Waals surface area contributed by atoms with E-state index in [1.807, 2.05) is 47.0 Å². The quantitative estimate of drug-likeness (QED) is 0.413. The molecule has 5 heteroatoms. The van der Waals surface area contributed by atoms with Crippen molar-refractivity contribution < 1.29 is 4.79 Å². The smallest absolute Gasteiger partial charge is 0.275 e. The summed E-state index contributed by atoms with van der Waals surface area (Å²) in [5, 5.41) is 1.76. The molecule has 2 aromatic heterocycles. The minimum absolute atomic E-state index is 0.0273. The molecular weight excluding hydrogens is 422 g/mol. The second kappa shape index (κ2) is 9.13. The Hall–Kier alpha value is -3.34. The highest BCUT2D eigenvalue weighted by molar-refractivity contribution is 6.17. The summed E-state index contributed by atoms with van der Waals surface area (Å²) in [6, 6.07) is 18.6. The summed E-state index contributed by atoms with van der Waals surface area (Å²) in [6.07, 6.45) is 4.89. The molecule has 176 valence electrons. The second-order valence-corrected chi connectivity index (χ2v) is 10.1. The lowest BCUT2D eigenvalue weighted by molar-refractivity contribution is 0.0691. The van der Waals surface area contributed by atoms with E-state index in [-0.39, 0.29) is 11.5 Å². The van der Waals surface area contributed by atoms with Crippen molar-refractivity contribution in [1.82, 2.24) is 14.0 Å². The van der Waals surface area contributed by atoms with Gasteiger partial charge in [-0.15, -0.1) is 0 Å². The first kappa shape index (κ1) is 22.5. The van der Waals surface area contributed by atoms with Crippen molar-refractivity contribution in [2.45, 2.75) is 39.7 Å². The maximum Gasteiger partial charge on any atom is 0.275 e. The first-order valence-electron chi connectivity index (χ1n) is 12.4. The highest BCUT2D eigenvalue weighted by Gasteiger charge is 2.28. The molecule has 0 bridgehead atoms. The third kappa shape index (κ3) is 4.04. The fraction of sp³-hybridized carbons (Fsp3) is 0.379. The summed E-state index contributed by atoms with van der Waals surface area (Å²) in [5.41, 5.74) is 3.58. The van der Waals surface area contributed by atoms with Crippen LogP contribution in [0.2, 0.25) is 0 Å². The summed E-state index contributed by atoms with van der Waals surface area (Å²) in [6.45, 7) is 6.29. The van der Waals surface area contributed by atoms with Crippen molar-refractivity contribution in [3.63, 3.8) is 0 Å². The lowest BCUT2D eigenvalue weighted by atomic mass is 9.90. The number of benzene rings is 2. The van der Waals surface area contributed by atoms with Gasteiger partial charge in [0.25, 0.3) is 11.5 Å². The van der Waals surface area contributed by atoms with E-state index in [9.17, 15) is 9.59 Å². The van der Waals surface area contributed by atoms with Gasteiger partial charge in [0.05, 0.1) is 5.56 Å². The molecule has 0 radical (unpaired) electrons. The molecule has 1 aliphatic rings. The zero-order valence-electron chi connectivity index (χ0n) is 20.3. The van der Waals surface area contributed by atoms with E-state index in [1.165, 1.54) is 5.56 Å². The van der Waals surface area contributed by atoms with Crippen LogP contribution in [0.15, 0.2) is 65.6 Å². The van der Waals surface area contributed by atoms with Crippen LogP contribution < -0.4 is 5.56 Å². The molecule has 0 N–H and O–H groups in total. The maximum absolute atomic E-state index is 13.9. The van der Waals surface area contributed by atoms with Gasteiger partial charge in [-0.1, -0.05) is 62.4 Å². The number of rotatable bonds is 5. The lowest BCUT2D eigenvalue weighted by Gasteiger charge is -2.32. The van der Waals surface area contributed by atoms with Gasteiger partial charge in [-0.2, -0.15) is 0 Å². The van der Waals surface area contributed by atoms with Crippen LogP contribution in [0.1, 0.15) is 42.6 Å². The second-order valence-electron chi connectivity index (χ2n) is 10.1. The highest BCUT2D eigenvalue weighted by Crippen LogP contribution is 2.31. The number of aryl methyl sites for hydroxylation is 1. The van der Waals surface area contributed by atoms with Crippen LogP contribution in [0.5, 0.6) is 0 Å². The van der Waals surface area contributed by atoms with Crippen LogP contribution in [0.25, 0.3) is 21.8 Å². The third-order valence-corrected chi connectivity index (χ3v) is 7.19. The predicted octanol–water partition coefficient (Wildman–Crippen LogP) is 5.24. The monoisotopic (exact) mass is 455 g/mol. The van der Waals surface area contributed by atoms with Crippen LogP contribution in [-0.2, 0) is 20.0 Å². The Bertz CT molecular complexity index is 1390. The van der Waals surface area contributed by atoms with E-state index in [0.717, 1.165) is 48.6 Å². The minimum Gasteiger partial charge on any atom is -0.339 e. The van der Waals surface area contributed by atoms with Crippen molar-refractivity contribution in [3.05, 3.63) is 82.3 Å². The average molecular weight is 456 g/mol. The van der Waals surface area contributed by atoms with E-state index in [4.69, 9.17) is 0 Å². The molecule has 5 nitrogen and oxygen atoms in total. The zero-order valence-corrected chi connectivity index (χ0v) is 20.3. The Balaban J connectivity index is 1.50. The van der Waals surface area contributed by atoms with Crippen LogP contribution in [0.3, 0.4) is 0 Å². The van der Waals surface area contributed by atoms with Crippen LogP contribution in [0, 0.1) is 11.8 Å². The first-order chi connectivity index (χ1) is 16.4. The minimum atomic E-state index is -0.0273. The predicted molar refractivity (Wildman–Crippen MR) is 138 cm³/mol. The van der Waals surface area contributed by atoms with Gasteiger partial charge >= 0.3 is 0 Å². The molecule has 1 amide bonds. The van der Waals surface area contributed by atoms with E-state index in [1.54, 1.807) is 4.57 Å². The number of piperidine rings is 1. The Morgan fingerprint density at radius 1 is 1.00 bits per heavy atom. The average Bonchev–Trinajstić information content (AvgIpc) is 3.14. The molecule has 0 atom stereocenters. The molecule has 0 unspecified atom stereocenters. The van der Waals surface area contributed by atoms with Crippen molar-refractivity contribution >= 4 is 27.7 Å². The number of hydrogen-bond acceptors (Lipinski definition) is 2. The normalized spacial score (nSPS) is 15.0. The first-order valence-corrected chi connectivity index (χ1v) is 12.4. The summed E-state index contributed by atoms with van der Waals surface area (Å²) >= 11 is 0. The number of nitrogens with zero attached hydrogens (tertiary/aromatic N) is 3. The molecule has 1 saturated heterocycles. The van der Waals surface area contributed by atoms with Crippen LogP contribution >= 0.6 is 0 Å². The molecule has 1 fully saturated rings. The zero-order chi connectivity index (χ0) is 23.8. The van der Waals surface area contributed by atoms with Crippen molar-refractivity contribution in [3.8, 4) is 0 Å². The van der Waals surface area contributed by atoms with E-state index in [2.05, 4.69) is 44.2 Å². The summed E-state index contributed by atoms with van der Waals surface area (Å²) in [7, 11) is 1.93. The molecule has 2 aromatic carbocycles. The number of carbonyl (C=O) groups excluding carboxylic acids is 1. The van der Waals surface area contributed by atoms with E-state index < -0.39 is 0 Å². The van der Waals surface area contributed by atoms with Crippen LogP contribution in [0.4, 0.5) is 0 Å². The number of pyridine rings is 1. The van der Waals surface area contributed by atoms with Gasteiger partial charge in [-0.3, -0.25) is 9.59 Å². The van der Waals surface area contributed by atoms with Crippen molar-refractivity contribution in [2.75, 3.05) is 13.1 Å². The van der Waals surface area contributed by atoms with E-state index in [0.29, 0.717) is 29.5 Å². The molecular formula is C29H33N3O2. The molecule has 34 heavy (non-hydrogen) atoms. The largest absolute Gasteiger partial charge is 0.339 e. The molecule has 0 saturated carbocycles. The molecule has 5 rings (SSSR count). The molecule has 3 heterocycles. The van der Waals surface area contributed by atoms with Crippen LogP contribution in [-0.4, -0.2) is 33.0 Å². The Labute approximate surface area is 200 Å². The fourth-order valence-electron chi connectivity index (χ4n) is 5.48.